The maximum atomic E-state index is 12.7. The molecule has 3 aliphatic rings. The summed E-state index contributed by atoms with van der Waals surface area (Å²) in [4.78, 5) is 12.7. The maximum absolute atomic E-state index is 12.7. The van der Waals surface area contributed by atoms with Gasteiger partial charge in [0.1, 0.15) is 0 Å². The van der Waals surface area contributed by atoms with Crippen molar-refractivity contribution in [2.45, 2.75) is 130 Å². The highest BCUT2D eigenvalue weighted by molar-refractivity contribution is 5.76. The molecule has 0 spiro atoms. The number of rotatable bonds is 12. The average molecular weight is 522 g/mol. The summed E-state index contributed by atoms with van der Waals surface area (Å²) in [7, 11) is 0. The van der Waals surface area contributed by atoms with Gasteiger partial charge in [-0.2, -0.15) is 0 Å². The topological polar surface area (TPSA) is 49.3 Å². The quantitative estimate of drug-likeness (QED) is 0.214. The van der Waals surface area contributed by atoms with Crippen LogP contribution in [0.15, 0.2) is 41.5 Å². The number of amides is 1. The van der Waals surface area contributed by atoms with Crippen molar-refractivity contribution < 1.29 is 9.90 Å². The molecule has 4 rings (SSSR count). The Bertz CT molecular complexity index is 935. The van der Waals surface area contributed by atoms with Crippen molar-refractivity contribution in [2.24, 2.45) is 28.6 Å². The second kappa shape index (κ2) is 13.2. The monoisotopic (exact) mass is 521 g/mol. The van der Waals surface area contributed by atoms with Gasteiger partial charge in [0.05, 0.1) is 6.10 Å². The van der Waals surface area contributed by atoms with Crippen molar-refractivity contribution in [3.05, 3.63) is 47.0 Å². The van der Waals surface area contributed by atoms with E-state index in [0.29, 0.717) is 29.6 Å². The molecule has 2 unspecified atom stereocenters. The highest BCUT2D eigenvalue weighted by atomic mass is 16.3. The fraction of sp³-hybridized carbons (Fsp3) is 0.743. The largest absolute Gasteiger partial charge is 0.393 e. The molecular formula is C35H55NO2. The Morgan fingerprint density at radius 1 is 0.921 bits per heavy atom. The van der Waals surface area contributed by atoms with E-state index in [4.69, 9.17) is 0 Å². The van der Waals surface area contributed by atoms with Gasteiger partial charge in [-0.15, -0.1) is 0 Å². The third-order valence-corrected chi connectivity index (χ3v) is 11.1. The van der Waals surface area contributed by atoms with Gasteiger partial charge in [-0.25, -0.2) is 0 Å². The van der Waals surface area contributed by atoms with Gasteiger partial charge in [-0.05, 0) is 105 Å². The molecule has 2 N–H and O–H groups in total. The number of fused-ring (bicyclic) bond motifs is 3. The number of allylic oxidation sites excluding steroid dienone is 2. The van der Waals surface area contributed by atoms with Gasteiger partial charge in [0, 0.05) is 13.0 Å². The van der Waals surface area contributed by atoms with E-state index >= 15 is 0 Å². The summed E-state index contributed by atoms with van der Waals surface area (Å²) < 4.78 is 0. The van der Waals surface area contributed by atoms with E-state index in [-0.39, 0.29) is 17.4 Å². The molecule has 38 heavy (non-hydrogen) atoms. The molecule has 3 aliphatic carbocycles. The van der Waals surface area contributed by atoms with Gasteiger partial charge in [-0.3, -0.25) is 4.79 Å². The van der Waals surface area contributed by atoms with Crippen LogP contribution in [0, 0.1) is 28.6 Å². The lowest BCUT2D eigenvalue weighted by atomic mass is 9.43. The first kappa shape index (κ1) is 29.4. The number of unbranched alkanes of at least 4 members (excludes halogenated alkanes) is 5. The van der Waals surface area contributed by atoms with Gasteiger partial charge >= 0.3 is 0 Å². The highest BCUT2D eigenvalue weighted by Crippen LogP contribution is 2.64. The molecule has 0 aromatic heterocycles. The first-order chi connectivity index (χ1) is 18.2. The lowest BCUT2D eigenvalue weighted by molar-refractivity contribution is -0.149. The lowest BCUT2D eigenvalue weighted by Crippen LogP contribution is -2.56. The van der Waals surface area contributed by atoms with Crippen molar-refractivity contribution >= 4 is 5.91 Å². The van der Waals surface area contributed by atoms with E-state index in [2.05, 4.69) is 63.3 Å². The summed E-state index contributed by atoms with van der Waals surface area (Å²) in [5, 5.41) is 14.0. The van der Waals surface area contributed by atoms with Gasteiger partial charge in [0.25, 0.3) is 0 Å². The van der Waals surface area contributed by atoms with Crippen LogP contribution in [0.1, 0.15) is 123 Å². The first-order valence-electron chi connectivity index (χ1n) is 15.9. The molecule has 2 fully saturated rings. The Morgan fingerprint density at radius 2 is 1.63 bits per heavy atom. The molecular weight excluding hydrogens is 466 g/mol. The predicted octanol–water partition coefficient (Wildman–Crippen LogP) is 8.41. The predicted molar refractivity (Wildman–Crippen MR) is 159 cm³/mol. The van der Waals surface area contributed by atoms with Gasteiger partial charge in [0.2, 0.25) is 5.91 Å². The molecule has 1 aromatic rings. The van der Waals surface area contributed by atoms with Crippen molar-refractivity contribution in [3.63, 3.8) is 0 Å². The Kier molecular flexibility index (Phi) is 10.2. The third kappa shape index (κ3) is 6.75. The second-order valence-corrected chi connectivity index (χ2v) is 13.8. The van der Waals surface area contributed by atoms with E-state index in [9.17, 15) is 9.90 Å². The molecule has 0 aliphatic heterocycles. The van der Waals surface area contributed by atoms with Gasteiger partial charge in [0.15, 0.2) is 0 Å². The standard InChI is InChI=1S/C35H55NO2/c1-26-17-20-30-29(18-21-31-34(2,3)32(37)23-24-35(30,31)4)28(26)19-22-33(38)36-25-13-8-6-5-7-10-14-27-15-11-9-12-16-27/h9,11-12,15-16,29-32,37H,5-8,10,13-14,17-25H2,1-4H3,(H,36,38)/t29?,30-,31?,32-,35+/m0/s1. The molecule has 0 heterocycles. The Labute approximate surface area is 233 Å². The fourth-order valence-electron chi connectivity index (χ4n) is 8.79. The zero-order chi connectivity index (χ0) is 27.2. The zero-order valence-electron chi connectivity index (χ0n) is 24.9. The summed E-state index contributed by atoms with van der Waals surface area (Å²) in [5.74, 6) is 2.19. The molecule has 0 saturated heterocycles. The van der Waals surface area contributed by atoms with Crippen LogP contribution in [-0.4, -0.2) is 23.7 Å². The minimum atomic E-state index is -0.166. The molecule has 3 heteroatoms. The van der Waals surface area contributed by atoms with E-state index in [1.165, 1.54) is 69.8 Å². The van der Waals surface area contributed by atoms with Crippen LogP contribution in [0.5, 0.6) is 0 Å². The first-order valence-corrected chi connectivity index (χ1v) is 15.9. The lowest BCUT2D eigenvalue weighted by Gasteiger charge is -2.62. The molecule has 0 bridgehead atoms. The Hall–Kier alpha value is -1.61. The number of hydrogen-bond donors (Lipinski definition) is 2. The van der Waals surface area contributed by atoms with Crippen molar-refractivity contribution in [1.29, 1.82) is 0 Å². The van der Waals surface area contributed by atoms with Gasteiger partial charge < -0.3 is 10.4 Å². The normalized spacial score (nSPS) is 30.4. The SMILES string of the molecule is CC1=C(CCC(=O)NCCCCCCCCc2ccccc2)C2CCC3C(C)(C)[C@@H](O)CC[C@]3(C)[C@H]2CC1. The van der Waals surface area contributed by atoms with Crippen LogP contribution in [0.2, 0.25) is 0 Å². The number of aryl methyl sites for hydroxylation is 1. The second-order valence-electron chi connectivity index (χ2n) is 13.8. The van der Waals surface area contributed by atoms with Crippen LogP contribution in [-0.2, 0) is 11.2 Å². The van der Waals surface area contributed by atoms with Crippen molar-refractivity contribution in [3.8, 4) is 0 Å². The van der Waals surface area contributed by atoms with Crippen LogP contribution >= 0.6 is 0 Å². The minimum Gasteiger partial charge on any atom is -0.393 e. The van der Waals surface area contributed by atoms with Crippen molar-refractivity contribution in [1.82, 2.24) is 5.32 Å². The number of benzene rings is 1. The summed E-state index contributed by atoms with van der Waals surface area (Å²) in [6.45, 7) is 10.3. The molecule has 212 valence electrons. The van der Waals surface area contributed by atoms with Crippen LogP contribution in [0.4, 0.5) is 0 Å². The number of carbonyl (C=O) groups excluding carboxylic acids is 1. The summed E-state index contributed by atoms with van der Waals surface area (Å²) in [6.07, 6.45) is 17.1. The third-order valence-electron chi connectivity index (χ3n) is 11.1. The minimum absolute atomic E-state index is 0.0103. The van der Waals surface area contributed by atoms with E-state index in [0.717, 1.165) is 32.2 Å². The Balaban J connectivity index is 1.15. The highest BCUT2D eigenvalue weighted by Gasteiger charge is 2.58. The number of carbonyl (C=O) groups is 1. The molecule has 3 nitrogen and oxygen atoms in total. The van der Waals surface area contributed by atoms with Crippen LogP contribution in [0.25, 0.3) is 0 Å². The van der Waals surface area contributed by atoms with Crippen LogP contribution in [0.3, 0.4) is 0 Å². The summed E-state index contributed by atoms with van der Waals surface area (Å²) >= 11 is 0. The fourth-order valence-corrected chi connectivity index (χ4v) is 8.79. The smallest absolute Gasteiger partial charge is 0.220 e. The molecule has 5 atom stereocenters. The van der Waals surface area contributed by atoms with Gasteiger partial charge in [-0.1, -0.05) is 87.9 Å². The summed E-state index contributed by atoms with van der Waals surface area (Å²) in [6, 6.07) is 10.8. The number of nitrogens with one attached hydrogen (secondary N) is 1. The summed E-state index contributed by atoms with van der Waals surface area (Å²) in [5.41, 5.74) is 4.95. The average Bonchev–Trinajstić information content (AvgIpc) is 2.90. The van der Waals surface area contributed by atoms with E-state index in [1.54, 1.807) is 11.1 Å². The van der Waals surface area contributed by atoms with Crippen LogP contribution < -0.4 is 5.32 Å². The molecule has 1 amide bonds. The van der Waals surface area contributed by atoms with Crippen molar-refractivity contribution in [2.75, 3.05) is 6.54 Å². The van der Waals surface area contributed by atoms with E-state index < -0.39 is 0 Å². The molecule has 2 saturated carbocycles. The number of hydrogen-bond acceptors (Lipinski definition) is 2. The molecule has 0 radical (unpaired) electrons. The maximum Gasteiger partial charge on any atom is 0.220 e. The zero-order valence-corrected chi connectivity index (χ0v) is 24.9. The Morgan fingerprint density at radius 3 is 2.39 bits per heavy atom. The van der Waals surface area contributed by atoms with E-state index in [1.807, 2.05) is 0 Å². The number of aliphatic hydroxyl groups excluding tert-OH is 1. The number of aliphatic hydroxyl groups is 1. The molecule has 1 aromatic carbocycles.